The van der Waals surface area contributed by atoms with Crippen LogP contribution in [-0.2, 0) is 4.79 Å². The number of amides is 1. The minimum Gasteiger partial charge on any atom is -0.326 e. The average Bonchev–Trinajstić information content (AvgIpc) is 3.11. The van der Waals surface area contributed by atoms with Crippen LogP contribution in [0.5, 0.6) is 0 Å². The monoisotopic (exact) mass is 259 g/mol. The van der Waals surface area contributed by atoms with Crippen LogP contribution in [0.2, 0.25) is 0 Å². The van der Waals surface area contributed by atoms with Gasteiger partial charge in [0.2, 0.25) is 5.91 Å². The summed E-state index contributed by atoms with van der Waals surface area (Å²) in [5, 5.41) is 3.05. The molecule has 2 unspecified atom stereocenters. The number of anilines is 1. The molecule has 1 fully saturated rings. The molecule has 0 aromatic heterocycles. The van der Waals surface area contributed by atoms with E-state index >= 15 is 0 Å². The molecule has 1 amide bonds. The van der Waals surface area contributed by atoms with E-state index in [1.807, 2.05) is 6.07 Å². The third-order valence-electron chi connectivity index (χ3n) is 4.15. The van der Waals surface area contributed by atoms with Crippen molar-refractivity contribution in [2.24, 2.45) is 17.8 Å². The molecule has 0 bridgehead atoms. The summed E-state index contributed by atoms with van der Waals surface area (Å²) >= 11 is 0. The van der Waals surface area contributed by atoms with Crippen LogP contribution in [0.15, 0.2) is 18.2 Å². The summed E-state index contributed by atoms with van der Waals surface area (Å²) in [7, 11) is 0. The molecule has 104 valence electrons. The number of nitrogens with one attached hydrogen (secondary N) is 1. The van der Waals surface area contributed by atoms with E-state index in [1.165, 1.54) is 24.0 Å². The van der Waals surface area contributed by atoms with Crippen molar-refractivity contribution in [3.63, 3.8) is 0 Å². The second-order valence-corrected chi connectivity index (χ2v) is 6.36. The first kappa shape index (κ1) is 14.1. The Morgan fingerprint density at radius 2 is 2.05 bits per heavy atom. The first-order valence-electron chi connectivity index (χ1n) is 7.35. The maximum absolute atomic E-state index is 12.1. The molecular weight excluding hydrogens is 234 g/mol. The average molecular weight is 259 g/mol. The van der Waals surface area contributed by atoms with Gasteiger partial charge >= 0.3 is 0 Å². The summed E-state index contributed by atoms with van der Waals surface area (Å²) in [6, 6.07) is 6.11. The zero-order chi connectivity index (χ0) is 14.0. The highest BCUT2D eigenvalue weighted by Crippen LogP contribution is 2.43. The molecule has 0 aliphatic heterocycles. The molecule has 19 heavy (non-hydrogen) atoms. The summed E-state index contributed by atoms with van der Waals surface area (Å²) < 4.78 is 0. The van der Waals surface area contributed by atoms with Crippen LogP contribution in [0.25, 0.3) is 0 Å². The number of benzene rings is 1. The molecular formula is C17H25NO. The second kappa shape index (κ2) is 5.77. The molecule has 1 saturated carbocycles. The maximum Gasteiger partial charge on any atom is 0.227 e. The number of hydrogen-bond acceptors (Lipinski definition) is 1. The van der Waals surface area contributed by atoms with E-state index in [9.17, 15) is 4.79 Å². The highest BCUT2D eigenvalue weighted by Gasteiger charge is 2.42. The summed E-state index contributed by atoms with van der Waals surface area (Å²) in [6.07, 6.45) is 3.50. The van der Waals surface area contributed by atoms with Crippen LogP contribution in [0.3, 0.4) is 0 Å². The molecule has 2 heteroatoms. The Kier molecular flexibility index (Phi) is 4.28. The van der Waals surface area contributed by atoms with Crippen LogP contribution >= 0.6 is 0 Å². The van der Waals surface area contributed by atoms with Gasteiger partial charge in [0.05, 0.1) is 0 Å². The van der Waals surface area contributed by atoms with Gasteiger partial charge in [0.15, 0.2) is 0 Å². The van der Waals surface area contributed by atoms with Crippen LogP contribution in [0.4, 0.5) is 5.69 Å². The van der Waals surface area contributed by atoms with Crippen molar-refractivity contribution in [3.8, 4) is 0 Å². The largest absolute Gasteiger partial charge is 0.326 e. The molecule has 1 aliphatic rings. The SMILES string of the molecule is Cc1ccc(NC(=O)C2CC2CCC(C)C)cc1C. The first-order valence-corrected chi connectivity index (χ1v) is 7.35. The molecule has 0 radical (unpaired) electrons. The van der Waals surface area contributed by atoms with Crippen molar-refractivity contribution < 1.29 is 4.79 Å². The molecule has 2 rings (SSSR count). The predicted molar refractivity (Wildman–Crippen MR) is 80.2 cm³/mol. The van der Waals surface area contributed by atoms with Crippen LogP contribution < -0.4 is 5.32 Å². The highest BCUT2D eigenvalue weighted by molar-refractivity contribution is 5.94. The van der Waals surface area contributed by atoms with Gasteiger partial charge in [0.1, 0.15) is 0 Å². The lowest BCUT2D eigenvalue weighted by molar-refractivity contribution is -0.117. The van der Waals surface area contributed by atoms with Gasteiger partial charge in [-0.3, -0.25) is 4.79 Å². The quantitative estimate of drug-likeness (QED) is 0.838. The van der Waals surface area contributed by atoms with Crippen molar-refractivity contribution in [1.82, 2.24) is 0 Å². The molecule has 2 atom stereocenters. The minimum atomic E-state index is 0.206. The van der Waals surface area contributed by atoms with Crippen LogP contribution in [0, 0.1) is 31.6 Å². The van der Waals surface area contributed by atoms with Gasteiger partial charge in [-0.1, -0.05) is 26.3 Å². The van der Waals surface area contributed by atoms with E-state index in [0.29, 0.717) is 5.92 Å². The molecule has 0 heterocycles. The van der Waals surface area contributed by atoms with E-state index in [0.717, 1.165) is 18.0 Å². The molecule has 2 nitrogen and oxygen atoms in total. The third-order valence-corrected chi connectivity index (χ3v) is 4.15. The normalized spacial score (nSPS) is 21.5. The maximum atomic E-state index is 12.1. The molecule has 1 aromatic carbocycles. The van der Waals surface area contributed by atoms with Crippen LogP contribution in [0.1, 0.15) is 44.2 Å². The van der Waals surface area contributed by atoms with Gasteiger partial charge in [-0.05, 0) is 61.8 Å². The lowest BCUT2D eigenvalue weighted by Gasteiger charge is -2.08. The number of carbonyl (C=O) groups excluding carboxylic acids is 1. The number of hydrogen-bond donors (Lipinski definition) is 1. The lowest BCUT2D eigenvalue weighted by atomic mass is 10.0. The predicted octanol–water partition coefficient (Wildman–Crippen LogP) is 4.31. The standard InChI is InChI=1S/C17H25NO/c1-11(2)5-7-14-10-16(14)17(19)18-15-8-6-12(3)13(4)9-15/h6,8-9,11,14,16H,5,7,10H2,1-4H3,(H,18,19). The van der Waals surface area contributed by atoms with E-state index in [1.54, 1.807) is 0 Å². The molecule has 1 aromatic rings. The van der Waals surface area contributed by atoms with Crippen molar-refractivity contribution in [1.29, 1.82) is 0 Å². The summed E-state index contributed by atoms with van der Waals surface area (Å²) in [5.41, 5.74) is 3.42. The molecule has 1 N–H and O–H groups in total. The molecule has 0 spiro atoms. The van der Waals surface area contributed by atoms with Crippen molar-refractivity contribution in [2.75, 3.05) is 5.32 Å². The number of rotatable bonds is 5. The first-order chi connectivity index (χ1) is 8.97. The van der Waals surface area contributed by atoms with Gasteiger partial charge in [-0.15, -0.1) is 0 Å². The Balaban J connectivity index is 1.84. The topological polar surface area (TPSA) is 29.1 Å². The Morgan fingerprint density at radius 1 is 1.32 bits per heavy atom. The fourth-order valence-electron chi connectivity index (χ4n) is 2.49. The lowest BCUT2D eigenvalue weighted by Crippen LogP contribution is -2.15. The second-order valence-electron chi connectivity index (χ2n) is 6.36. The molecule has 1 aliphatic carbocycles. The summed E-state index contributed by atoms with van der Waals surface area (Å²) in [4.78, 5) is 12.1. The minimum absolute atomic E-state index is 0.206. The smallest absolute Gasteiger partial charge is 0.227 e. The number of carbonyl (C=O) groups is 1. The van der Waals surface area contributed by atoms with Gasteiger partial charge in [-0.25, -0.2) is 0 Å². The van der Waals surface area contributed by atoms with E-state index in [4.69, 9.17) is 0 Å². The van der Waals surface area contributed by atoms with Gasteiger partial charge in [-0.2, -0.15) is 0 Å². The zero-order valence-electron chi connectivity index (χ0n) is 12.5. The fraction of sp³-hybridized carbons (Fsp3) is 0.588. The summed E-state index contributed by atoms with van der Waals surface area (Å²) in [5.74, 6) is 1.82. The fourth-order valence-corrected chi connectivity index (χ4v) is 2.49. The van der Waals surface area contributed by atoms with Crippen molar-refractivity contribution in [2.45, 2.75) is 47.0 Å². The van der Waals surface area contributed by atoms with Crippen molar-refractivity contribution >= 4 is 11.6 Å². The van der Waals surface area contributed by atoms with Gasteiger partial charge in [0.25, 0.3) is 0 Å². The highest BCUT2D eigenvalue weighted by atomic mass is 16.2. The Hall–Kier alpha value is -1.31. The Labute approximate surface area is 116 Å². The third kappa shape index (κ3) is 3.82. The van der Waals surface area contributed by atoms with Crippen molar-refractivity contribution in [3.05, 3.63) is 29.3 Å². The summed E-state index contributed by atoms with van der Waals surface area (Å²) in [6.45, 7) is 8.65. The van der Waals surface area contributed by atoms with E-state index in [2.05, 4.69) is 45.1 Å². The van der Waals surface area contributed by atoms with Crippen LogP contribution in [-0.4, -0.2) is 5.91 Å². The van der Waals surface area contributed by atoms with E-state index in [-0.39, 0.29) is 11.8 Å². The number of aryl methyl sites for hydroxylation is 2. The van der Waals surface area contributed by atoms with Gasteiger partial charge in [0, 0.05) is 11.6 Å². The van der Waals surface area contributed by atoms with E-state index < -0.39 is 0 Å². The zero-order valence-corrected chi connectivity index (χ0v) is 12.5. The Bertz CT molecular complexity index is 464. The molecule has 0 saturated heterocycles. The Morgan fingerprint density at radius 3 is 2.68 bits per heavy atom. The van der Waals surface area contributed by atoms with Gasteiger partial charge < -0.3 is 5.32 Å².